The summed E-state index contributed by atoms with van der Waals surface area (Å²) >= 11 is 1.14. The highest BCUT2D eigenvalue weighted by Crippen LogP contribution is 2.42. The summed E-state index contributed by atoms with van der Waals surface area (Å²) in [6.45, 7) is 7.30. The van der Waals surface area contributed by atoms with Gasteiger partial charge >= 0.3 is 0 Å². The van der Waals surface area contributed by atoms with E-state index in [2.05, 4.69) is 5.32 Å². The average molecular weight is 571 g/mol. The molecule has 41 heavy (non-hydrogen) atoms. The third-order valence-corrected chi connectivity index (χ3v) is 8.11. The number of aromatic nitrogens is 1. The Morgan fingerprint density at radius 3 is 2.37 bits per heavy atom. The van der Waals surface area contributed by atoms with Crippen molar-refractivity contribution in [3.8, 4) is 22.6 Å². The van der Waals surface area contributed by atoms with E-state index in [0.29, 0.717) is 60.8 Å². The van der Waals surface area contributed by atoms with Crippen LogP contribution in [-0.4, -0.2) is 15.6 Å². The molecule has 210 valence electrons. The van der Waals surface area contributed by atoms with Crippen LogP contribution in [0.4, 0.5) is 4.39 Å². The number of aryl methyl sites for hydroxylation is 3. The van der Waals surface area contributed by atoms with Crippen LogP contribution in [0.3, 0.4) is 0 Å². The van der Waals surface area contributed by atoms with Crippen LogP contribution >= 0.6 is 11.3 Å². The molecule has 0 bridgehead atoms. The van der Waals surface area contributed by atoms with E-state index in [-0.39, 0.29) is 17.3 Å². The standard InChI is InChI=1S/C33H31FN2O4S/c1-19-13-23(34)14-20(2)29(19)40-27-12-11-22(33(3,4)39)15-24(27)26-18-36(5)32(38)30-25(26)16-28(41-30)31(37)35-17-21-9-7-6-8-10-21/h6-16,18,39H,17H2,1-5H3,(H,35,37). The summed E-state index contributed by atoms with van der Waals surface area (Å²) in [5.41, 5.74) is 2.81. The molecule has 0 radical (unpaired) electrons. The summed E-state index contributed by atoms with van der Waals surface area (Å²) in [5, 5.41) is 14.4. The first-order chi connectivity index (χ1) is 19.4. The first-order valence-corrected chi connectivity index (χ1v) is 14.0. The molecule has 0 saturated heterocycles. The maximum absolute atomic E-state index is 14.0. The van der Waals surface area contributed by atoms with Crippen LogP contribution in [0.1, 0.15) is 45.8 Å². The number of rotatable bonds is 7. The Kier molecular flexibility index (Phi) is 7.55. The van der Waals surface area contributed by atoms with Crippen molar-refractivity contribution in [1.29, 1.82) is 0 Å². The number of thiophene rings is 1. The fourth-order valence-electron chi connectivity index (χ4n) is 4.80. The Labute approximate surface area is 241 Å². The molecule has 0 saturated carbocycles. The number of pyridine rings is 1. The van der Waals surface area contributed by atoms with Crippen LogP contribution in [0, 0.1) is 19.7 Å². The van der Waals surface area contributed by atoms with Crippen LogP contribution in [0.25, 0.3) is 21.2 Å². The SMILES string of the molecule is Cc1cc(F)cc(C)c1Oc1ccc(C(C)(C)O)cc1-c1cn(C)c(=O)c2sc(C(=O)NCc3ccccc3)cc12. The predicted octanol–water partition coefficient (Wildman–Crippen LogP) is 6.97. The molecule has 0 aliphatic carbocycles. The van der Waals surface area contributed by atoms with E-state index in [9.17, 15) is 19.1 Å². The van der Waals surface area contributed by atoms with E-state index >= 15 is 0 Å². The van der Waals surface area contributed by atoms with Gasteiger partial charge in [-0.25, -0.2) is 4.39 Å². The zero-order chi connectivity index (χ0) is 29.5. The number of ether oxygens (including phenoxy) is 1. The molecular formula is C33H31FN2O4S. The lowest BCUT2D eigenvalue weighted by Gasteiger charge is -2.22. The smallest absolute Gasteiger partial charge is 0.268 e. The van der Waals surface area contributed by atoms with Crippen molar-refractivity contribution in [2.75, 3.05) is 0 Å². The molecule has 5 aromatic rings. The highest BCUT2D eigenvalue weighted by molar-refractivity contribution is 7.20. The van der Waals surface area contributed by atoms with Gasteiger partial charge in [-0.1, -0.05) is 36.4 Å². The summed E-state index contributed by atoms with van der Waals surface area (Å²) in [7, 11) is 1.66. The molecule has 3 aromatic carbocycles. The quantitative estimate of drug-likeness (QED) is 0.221. The summed E-state index contributed by atoms with van der Waals surface area (Å²) in [5.74, 6) is 0.372. The third-order valence-electron chi connectivity index (χ3n) is 6.99. The normalized spacial score (nSPS) is 11.6. The number of fused-ring (bicyclic) bond motifs is 1. The summed E-state index contributed by atoms with van der Waals surface area (Å²) in [6, 6.07) is 19.5. The molecule has 0 aliphatic rings. The molecule has 1 amide bonds. The van der Waals surface area contributed by atoms with Crippen molar-refractivity contribution in [2.24, 2.45) is 7.05 Å². The Bertz CT molecular complexity index is 1810. The van der Waals surface area contributed by atoms with Gasteiger partial charge in [0.2, 0.25) is 0 Å². The third kappa shape index (κ3) is 5.80. The van der Waals surface area contributed by atoms with Crippen LogP contribution in [-0.2, 0) is 19.2 Å². The summed E-state index contributed by atoms with van der Waals surface area (Å²) < 4.78 is 22.3. The highest BCUT2D eigenvalue weighted by Gasteiger charge is 2.23. The highest BCUT2D eigenvalue weighted by atomic mass is 32.1. The van der Waals surface area contributed by atoms with Gasteiger partial charge in [0.1, 0.15) is 22.0 Å². The molecule has 5 rings (SSSR count). The first-order valence-electron chi connectivity index (χ1n) is 13.2. The minimum absolute atomic E-state index is 0.220. The van der Waals surface area contributed by atoms with E-state index in [4.69, 9.17) is 4.74 Å². The molecule has 2 N–H and O–H groups in total. The van der Waals surface area contributed by atoms with Gasteiger partial charge in [0.25, 0.3) is 11.5 Å². The van der Waals surface area contributed by atoms with Gasteiger partial charge in [0.05, 0.1) is 10.5 Å². The van der Waals surface area contributed by atoms with Crippen LogP contribution in [0.2, 0.25) is 0 Å². The Hall–Kier alpha value is -4.27. The number of halogens is 1. The molecule has 8 heteroatoms. The number of carbonyl (C=O) groups is 1. The molecule has 0 unspecified atom stereocenters. The lowest BCUT2D eigenvalue weighted by atomic mass is 9.93. The van der Waals surface area contributed by atoms with E-state index in [0.717, 1.165) is 16.9 Å². The number of nitrogens with zero attached hydrogens (tertiary/aromatic N) is 1. The van der Waals surface area contributed by atoms with Crippen molar-refractivity contribution in [2.45, 2.75) is 39.8 Å². The maximum atomic E-state index is 14.0. The molecule has 2 heterocycles. The van der Waals surface area contributed by atoms with E-state index < -0.39 is 5.60 Å². The van der Waals surface area contributed by atoms with Gasteiger partial charge in [0.15, 0.2) is 0 Å². The largest absolute Gasteiger partial charge is 0.456 e. The van der Waals surface area contributed by atoms with Gasteiger partial charge in [-0.15, -0.1) is 11.3 Å². The maximum Gasteiger partial charge on any atom is 0.268 e. The van der Waals surface area contributed by atoms with Gasteiger partial charge in [0, 0.05) is 36.3 Å². The van der Waals surface area contributed by atoms with Crippen molar-refractivity contribution in [3.63, 3.8) is 0 Å². The zero-order valence-electron chi connectivity index (χ0n) is 23.5. The lowest BCUT2D eigenvalue weighted by Crippen LogP contribution is -2.21. The Morgan fingerprint density at radius 2 is 1.71 bits per heavy atom. The topological polar surface area (TPSA) is 80.6 Å². The fourth-order valence-corrected chi connectivity index (χ4v) is 5.87. The molecule has 0 spiro atoms. The van der Waals surface area contributed by atoms with Gasteiger partial charge in [-0.05, 0) is 80.3 Å². The van der Waals surface area contributed by atoms with Crippen LogP contribution in [0.15, 0.2) is 77.7 Å². The van der Waals surface area contributed by atoms with E-state index in [1.165, 1.54) is 16.7 Å². The second kappa shape index (κ2) is 11.0. The average Bonchev–Trinajstić information content (AvgIpc) is 3.37. The number of benzene rings is 3. The second-order valence-corrected chi connectivity index (χ2v) is 11.8. The molecule has 6 nitrogen and oxygen atoms in total. The van der Waals surface area contributed by atoms with Crippen molar-refractivity contribution in [1.82, 2.24) is 9.88 Å². The number of amides is 1. The minimum Gasteiger partial charge on any atom is -0.456 e. The van der Waals surface area contributed by atoms with Crippen LogP contribution in [0.5, 0.6) is 11.5 Å². The first kappa shape index (κ1) is 28.3. The Morgan fingerprint density at radius 1 is 1.02 bits per heavy atom. The van der Waals surface area contributed by atoms with Gasteiger partial charge in [-0.2, -0.15) is 0 Å². The number of nitrogens with one attached hydrogen (secondary N) is 1. The van der Waals surface area contributed by atoms with Crippen molar-refractivity contribution in [3.05, 3.63) is 116 Å². The van der Waals surface area contributed by atoms with E-state index in [1.54, 1.807) is 59.1 Å². The number of hydrogen-bond donors (Lipinski definition) is 2. The van der Waals surface area contributed by atoms with Gasteiger partial charge in [-0.3, -0.25) is 9.59 Å². The minimum atomic E-state index is -1.15. The molecule has 0 aliphatic heterocycles. The van der Waals surface area contributed by atoms with Crippen LogP contribution < -0.4 is 15.6 Å². The second-order valence-electron chi connectivity index (χ2n) is 10.7. The molecular weight excluding hydrogens is 539 g/mol. The predicted molar refractivity (Wildman–Crippen MR) is 161 cm³/mol. The zero-order valence-corrected chi connectivity index (χ0v) is 24.4. The monoisotopic (exact) mass is 570 g/mol. The van der Waals surface area contributed by atoms with E-state index in [1.807, 2.05) is 36.4 Å². The van der Waals surface area contributed by atoms with Gasteiger partial charge < -0.3 is 19.7 Å². The van der Waals surface area contributed by atoms with Crippen molar-refractivity contribution >= 4 is 27.3 Å². The number of aliphatic hydroxyl groups is 1. The number of carbonyl (C=O) groups excluding carboxylic acids is 1. The summed E-state index contributed by atoms with van der Waals surface area (Å²) in [4.78, 5) is 26.7. The summed E-state index contributed by atoms with van der Waals surface area (Å²) in [6.07, 6.45) is 1.71. The molecule has 0 fully saturated rings. The lowest BCUT2D eigenvalue weighted by molar-refractivity contribution is 0.0786. The molecule has 2 aromatic heterocycles. The number of hydrogen-bond acceptors (Lipinski definition) is 5. The molecule has 0 atom stereocenters. The Balaban J connectivity index is 1.65. The van der Waals surface area contributed by atoms with Crippen molar-refractivity contribution < 1.29 is 19.0 Å². The fraction of sp³-hybridized carbons (Fsp3) is 0.212.